The summed E-state index contributed by atoms with van der Waals surface area (Å²) in [6.45, 7) is 4.40. The summed E-state index contributed by atoms with van der Waals surface area (Å²) in [5, 5.41) is 0. The minimum Gasteiger partial charge on any atom is -0.466 e. The summed E-state index contributed by atoms with van der Waals surface area (Å²) in [5.74, 6) is 0.303. The van der Waals surface area contributed by atoms with Crippen molar-refractivity contribution in [1.82, 2.24) is 9.88 Å². The first-order valence-corrected chi connectivity index (χ1v) is 6.48. The molecule has 0 aromatic carbocycles. The zero-order valence-corrected chi connectivity index (χ0v) is 11.1. The van der Waals surface area contributed by atoms with Crippen LogP contribution in [0.25, 0.3) is 0 Å². The van der Waals surface area contributed by atoms with Gasteiger partial charge in [0.25, 0.3) is 0 Å². The molecule has 0 radical (unpaired) electrons. The van der Waals surface area contributed by atoms with Gasteiger partial charge >= 0.3 is 5.97 Å². The van der Waals surface area contributed by atoms with E-state index < -0.39 is 0 Å². The number of likely N-dealkylation sites (tertiary alicyclic amines) is 1. The second kappa shape index (κ2) is 5.96. The van der Waals surface area contributed by atoms with Gasteiger partial charge in [-0.15, -0.1) is 0 Å². The number of nitrogens with zero attached hydrogens (tertiary/aromatic N) is 2. The van der Waals surface area contributed by atoms with Gasteiger partial charge in [0.2, 0.25) is 0 Å². The maximum absolute atomic E-state index is 11.6. The third-order valence-electron chi connectivity index (χ3n) is 3.37. The Kier molecular flexibility index (Phi) is 4.31. The molecule has 1 aromatic rings. The van der Waals surface area contributed by atoms with E-state index in [2.05, 4.69) is 23.0 Å². The van der Waals surface area contributed by atoms with Crippen LogP contribution in [-0.2, 0) is 16.0 Å². The Hall–Kier alpha value is -1.42. The molecule has 1 aromatic heterocycles. The number of hydrogen-bond donors (Lipinski definition) is 0. The summed E-state index contributed by atoms with van der Waals surface area (Å²) in [4.78, 5) is 18.2. The minimum atomic E-state index is -0.191. The average Bonchev–Trinajstić information content (AvgIpc) is 2.77. The molecule has 0 amide bonds. The quantitative estimate of drug-likeness (QED) is 0.759. The van der Waals surface area contributed by atoms with Crippen LogP contribution >= 0.6 is 0 Å². The Morgan fingerprint density at radius 3 is 3.11 bits per heavy atom. The Labute approximate surface area is 108 Å². The number of pyridine rings is 1. The molecule has 18 heavy (non-hydrogen) atoms. The number of carbonyl (C=O) groups excluding carboxylic acids is 1. The van der Waals surface area contributed by atoms with E-state index in [-0.39, 0.29) is 12.4 Å². The van der Waals surface area contributed by atoms with Gasteiger partial charge in [0.05, 0.1) is 18.7 Å². The summed E-state index contributed by atoms with van der Waals surface area (Å²) >= 11 is 0. The molecular formula is C14H20N2O2. The standard InChI is InChI=1S/C14H20N2O2/c1-3-18-14(17)9-13-12(5-4-7-15-13)11-6-8-16(2)10-11/h4-5,7,11H,3,6,8-10H2,1-2H3. The molecule has 0 N–H and O–H groups in total. The van der Waals surface area contributed by atoms with Gasteiger partial charge in [-0.3, -0.25) is 9.78 Å². The fraction of sp³-hybridized carbons (Fsp3) is 0.571. The van der Waals surface area contributed by atoms with Crippen LogP contribution in [0.3, 0.4) is 0 Å². The van der Waals surface area contributed by atoms with E-state index in [4.69, 9.17) is 4.74 Å². The van der Waals surface area contributed by atoms with Crippen molar-refractivity contribution in [2.45, 2.75) is 25.7 Å². The maximum atomic E-state index is 11.6. The van der Waals surface area contributed by atoms with E-state index in [1.165, 1.54) is 5.56 Å². The molecule has 4 heteroatoms. The fourth-order valence-corrected chi connectivity index (χ4v) is 2.51. The molecule has 1 aliphatic heterocycles. The van der Waals surface area contributed by atoms with Crippen LogP contribution in [0.2, 0.25) is 0 Å². The number of rotatable bonds is 4. The lowest BCUT2D eigenvalue weighted by Crippen LogP contribution is -2.16. The topological polar surface area (TPSA) is 42.4 Å². The molecule has 2 rings (SSSR count). The summed E-state index contributed by atoms with van der Waals surface area (Å²) in [6.07, 6.45) is 3.17. The first-order valence-electron chi connectivity index (χ1n) is 6.48. The predicted molar refractivity (Wildman–Crippen MR) is 69.4 cm³/mol. The summed E-state index contributed by atoms with van der Waals surface area (Å²) in [5.41, 5.74) is 2.08. The van der Waals surface area contributed by atoms with Crippen LogP contribution in [0.15, 0.2) is 18.3 Å². The van der Waals surface area contributed by atoms with Crippen LogP contribution in [0.4, 0.5) is 0 Å². The van der Waals surface area contributed by atoms with Crippen LogP contribution in [0.1, 0.15) is 30.5 Å². The van der Waals surface area contributed by atoms with Crippen LogP contribution < -0.4 is 0 Å². The van der Waals surface area contributed by atoms with Crippen molar-refractivity contribution in [2.75, 3.05) is 26.7 Å². The largest absolute Gasteiger partial charge is 0.466 e. The molecule has 98 valence electrons. The van der Waals surface area contributed by atoms with Crippen molar-refractivity contribution >= 4 is 5.97 Å². The third-order valence-corrected chi connectivity index (χ3v) is 3.37. The van der Waals surface area contributed by atoms with E-state index in [1.54, 1.807) is 6.20 Å². The third kappa shape index (κ3) is 3.07. The smallest absolute Gasteiger partial charge is 0.311 e. The van der Waals surface area contributed by atoms with Gasteiger partial charge in [-0.2, -0.15) is 0 Å². The maximum Gasteiger partial charge on any atom is 0.311 e. The van der Waals surface area contributed by atoms with Gasteiger partial charge in [0.15, 0.2) is 0 Å². The van der Waals surface area contributed by atoms with Crippen LogP contribution in [-0.4, -0.2) is 42.6 Å². The molecule has 4 nitrogen and oxygen atoms in total. The van der Waals surface area contributed by atoms with Crippen molar-refractivity contribution in [3.63, 3.8) is 0 Å². The van der Waals surface area contributed by atoms with Crippen molar-refractivity contribution in [2.24, 2.45) is 0 Å². The monoisotopic (exact) mass is 248 g/mol. The molecule has 1 saturated heterocycles. The highest BCUT2D eigenvalue weighted by Gasteiger charge is 2.24. The molecule has 1 fully saturated rings. The molecule has 0 spiro atoms. The van der Waals surface area contributed by atoms with Gasteiger partial charge in [-0.25, -0.2) is 0 Å². The number of carbonyl (C=O) groups is 1. The highest BCUT2D eigenvalue weighted by molar-refractivity contribution is 5.72. The Balaban J connectivity index is 2.12. The number of esters is 1. The summed E-state index contributed by atoms with van der Waals surface area (Å²) in [6, 6.07) is 4.04. The van der Waals surface area contributed by atoms with Crippen molar-refractivity contribution < 1.29 is 9.53 Å². The SMILES string of the molecule is CCOC(=O)Cc1ncccc1C1CCN(C)C1. The molecule has 2 heterocycles. The van der Waals surface area contributed by atoms with E-state index in [9.17, 15) is 4.79 Å². The summed E-state index contributed by atoms with van der Waals surface area (Å²) in [7, 11) is 2.13. The molecular weight excluding hydrogens is 228 g/mol. The zero-order valence-electron chi connectivity index (χ0n) is 11.1. The van der Waals surface area contributed by atoms with Gasteiger partial charge in [-0.05, 0) is 44.5 Å². The Bertz CT molecular complexity index is 420. The minimum absolute atomic E-state index is 0.191. The number of likely N-dealkylation sites (N-methyl/N-ethyl adjacent to an activating group) is 1. The van der Waals surface area contributed by atoms with Gasteiger partial charge in [0, 0.05) is 12.7 Å². The normalized spacial score (nSPS) is 20.0. The van der Waals surface area contributed by atoms with Crippen molar-refractivity contribution in [3.8, 4) is 0 Å². The number of ether oxygens (including phenoxy) is 1. The van der Waals surface area contributed by atoms with Gasteiger partial charge in [-0.1, -0.05) is 6.07 Å². The second-order valence-electron chi connectivity index (χ2n) is 4.77. The van der Waals surface area contributed by atoms with Crippen molar-refractivity contribution in [1.29, 1.82) is 0 Å². The van der Waals surface area contributed by atoms with Gasteiger partial charge in [0.1, 0.15) is 0 Å². The predicted octanol–water partition coefficient (Wildman–Crippen LogP) is 1.61. The fourth-order valence-electron chi connectivity index (χ4n) is 2.51. The molecule has 1 unspecified atom stereocenters. The molecule has 0 bridgehead atoms. The Morgan fingerprint density at radius 2 is 2.44 bits per heavy atom. The van der Waals surface area contributed by atoms with Crippen molar-refractivity contribution in [3.05, 3.63) is 29.6 Å². The Morgan fingerprint density at radius 1 is 1.61 bits per heavy atom. The first-order chi connectivity index (χ1) is 8.70. The molecule has 1 atom stereocenters. The molecule has 0 saturated carbocycles. The lowest BCUT2D eigenvalue weighted by molar-refractivity contribution is -0.142. The van der Waals surface area contributed by atoms with E-state index in [0.29, 0.717) is 12.5 Å². The number of aromatic nitrogens is 1. The lowest BCUT2D eigenvalue weighted by Gasteiger charge is -2.14. The van der Waals surface area contributed by atoms with Crippen LogP contribution in [0.5, 0.6) is 0 Å². The first kappa shape index (κ1) is 13.0. The van der Waals surface area contributed by atoms with E-state index in [0.717, 1.165) is 25.2 Å². The molecule has 0 aliphatic carbocycles. The van der Waals surface area contributed by atoms with E-state index >= 15 is 0 Å². The average molecular weight is 248 g/mol. The zero-order chi connectivity index (χ0) is 13.0. The van der Waals surface area contributed by atoms with Crippen LogP contribution in [0, 0.1) is 0 Å². The molecule has 1 aliphatic rings. The van der Waals surface area contributed by atoms with E-state index in [1.807, 2.05) is 13.0 Å². The lowest BCUT2D eigenvalue weighted by atomic mass is 9.95. The highest BCUT2D eigenvalue weighted by Crippen LogP contribution is 2.28. The number of hydrogen-bond acceptors (Lipinski definition) is 4. The van der Waals surface area contributed by atoms with Gasteiger partial charge < -0.3 is 9.64 Å². The second-order valence-corrected chi connectivity index (χ2v) is 4.77. The summed E-state index contributed by atoms with van der Waals surface area (Å²) < 4.78 is 5.00. The highest BCUT2D eigenvalue weighted by atomic mass is 16.5.